The molecule has 0 spiro atoms. The Kier molecular flexibility index (Phi) is 4.14. The Morgan fingerprint density at radius 1 is 1.00 bits per heavy atom. The van der Waals surface area contributed by atoms with Gasteiger partial charge in [0.1, 0.15) is 0 Å². The van der Waals surface area contributed by atoms with Crippen molar-refractivity contribution in [1.29, 1.82) is 0 Å². The molecule has 2 aromatic carbocycles. The van der Waals surface area contributed by atoms with Gasteiger partial charge in [0.2, 0.25) is 0 Å². The van der Waals surface area contributed by atoms with Crippen molar-refractivity contribution in [2.24, 2.45) is 0 Å². The Labute approximate surface area is 119 Å². The lowest BCUT2D eigenvalue weighted by Crippen LogP contribution is -1.92. The van der Waals surface area contributed by atoms with Crippen LogP contribution in [0.4, 0.5) is 0 Å². The zero-order valence-electron chi connectivity index (χ0n) is 8.56. The van der Waals surface area contributed by atoms with Crippen LogP contribution in [0.3, 0.4) is 0 Å². The maximum atomic E-state index is 11.3. The summed E-state index contributed by atoms with van der Waals surface area (Å²) in [5.41, 5.74) is 1.65. The lowest BCUT2D eigenvalue weighted by molar-refractivity contribution is 0.564. The second kappa shape index (κ2) is 5.44. The number of benzene rings is 2. The van der Waals surface area contributed by atoms with E-state index >= 15 is 0 Å². The van der Waals surface area contributed by atoms with Crippen molar-refractivity contribution in [3.63, 3.8) is 0 Å². The standard InChI is InChI=1S/C12H8Br2O2S/c13-9-3-1-2-8(6-9)11-7-10(14)4-5-12(11)17(15)16/h1-7H,(H,15,16). The van der Waals surface area contributed by atoms with Gasteiger partial charge in [0.15, 0.2) is 11.1 Å². The first kappa shape index (κ1) is 13.0. The minimum Gasteiger partial charge on any atom is -0.302 e. The molecule has 0 radical (unpaired) electrons. The van der Waals surface area contributed by atoms with E-state index in [2.05, 4.69) is 31.9 Å². The van der Waals surface area contributed by atoms with E-state index in [0.717, 1.165) is 20.1 Å². The van der Waals surface area contributed by atoms with Gasteiger partial charge in [0, 0.05) is 14.5 Å². The molecular weight excluding hydrogens is 368 g/mol. The molecular formula is C12H8Br2O2S. The first-order valence-electron chi connectivity index (χ1n) is 4.74. The SMILES string of the molecule is O=S(O)c1ccc(Br)cc1-c1cccc(Br)c1. The lowest BCUT2D eigenvalue weighted by atomic mass is 10.1. The Bertz CT molecular complexity index is 584. The summed E-state index contributed by atoms with van der Waals surface area (Å²) in [4.78, 5) is 0.409. The van der Waals surface area contributed by atoms with Crippen molar-refractivity contribution >= 4 is 42.9 Å². The molecule has 2 rings (SSSR count). The number of rotatable bonds is 2. The third kappa shape index (κ3) is 3.04. The second-order valence-corrected chi connectivity index (χ2v) is 6.17. The summed E-state index contributed by atoms with van der Waals surface area (Å²) in [7, 11) is 0. The fraction of sp³-hybridized carbons (Fsp3) is 0. The summed E-state index contributed by atoms with van der Waals surface area (Å²) in [5.74, 6) is 0. The van der Waals surface area contributed by atoms with E-state index in [4.69, 9.17) is 0 Å². The summed E-state index contributed by atoms with van der Waals surface area (Å²) in [6.07, 6.45) is 0. The lowest BCUT2D eigenvalue weighted by Gasteiger charge is -2.07. The summed E-state index contributed by atoms with van der Waals surface area (Å²) < 4.78 is 22.4. The topological polar surface area (TPSA) is 37.3 Å². The normalized spacial score (nSPS) is 12.4. The molecule has 2 nitrogen and oxygen atoms in total. The van der Waals surface area contributed by atoms with Crippen LogP contribution in [-0.2, 0) is 11.1 Å². The quantitative estimate of drug-likeness (QED) is 0.787. The predicted octanol–water partition coefficient (Wildman–Crippen LogP) is 4.46. The average molecular weight is 376 g/mol. The highest BCUT2D eigenvalue weighted by Gasteiger charge is 2.10. The molecule has 0 saturated carbocycles. The van der Waals surface area contributed by atoms with Gasteiger partial charge < -0.3 is 4.55 Å². The molecule has 1 N–H and O–H groups in total. The summed E-state index contributed by atoms with van der Waals surface area (Å²) in [6.45, 7) is 0. The average Bonchev–Trinajstić information content (AvgIpc) is 2.28. The Morgan fingerprint density at radius 2 is 1.71 bits per heavy atom. The molecule has 0 bridgehead atoms. The van der Waals surface area contributed by atoms with E-state index < -0.39 is 11.1 Å². The third-order valence-corrected chi connectivity index (χ3v) is 3.98. The Balaban J connectivity index is 2.65. The van der Waals surface area contributed by atoms with Crippen molar-refractivity contribution < 1.29 is 8.76 Å². The Morgan fingerprint density at radius 3 is 2.35 bits per heavy atom. The van der Waals surface area contributed by atoms with Crippen LogP contribution >= 0.6 is 31.9 Å². The van der Waals surface area contributed by atoms with Gasteiger partial charge in [-0.15, -0.1) is 0 Å². The van der Waals surface area contributed by atoms with Crippen LogP contribution in [0.2, 0.25) is 0 Å². The van der Waals surface area contributed by atoms with E-state index in [1.165, 1.54) is 0 Å². The van der Waals surface area contributed by atoms with Crippen LogP contribution in [-0.4, -0.2) is 8.76 Å². The molecule has 0 aromatic heterocycles. The van der Waals surface area contributed by atoms with E-state index in [1.807, 2.05) is 30.3 Å². The molecule has 0 aliphatic rings. The van der Waals surface area contributed by atoms with Gasteiger partial charge in [-0.05, 0) is 35.9 Å². The number of hydrogen-bond donors (Lipinski definition) is 1. The highest BCUT2D eigenvalue weighted by molar-refractivity contribution is 9.10. The van der Waals surface area contributed by atoms with Crippen LogP contribution in [0.25, 0.3) is 11.1 Å². The second-order valence-electron chi connectivity index (χ2n) is 3.40. The molecule has 0 aliphatic carbocycles. The van der Waals surface area contributed by atoms with Gasteiger partial charge >= 0.3 is 0 Å². The minimum absolute atomic E-state index is 0.409. The monoisotopic (exact) mass is 374 g/mol. The van der Waals surface area contributed by atoms with Crippen LogP contribution in [0, 0.1) is 0 Å². The Hall–Kier alpha value is -0.490. The predicted molar refractivity (Wildman–Crippen MR) is 76.3 cm³/mol. The van der Waals surface area contributed by atoms with Crippen molar-refractivity contribution in [2.75, 3.05) is 0 Å². The molecule has 0 heterocycles. The third-order valence-electron chi connectivity index (χ3n) is 2.27. The minimum atomic E-state index is -1.99. The van der Waals surface area contributed by atoms with Crippen molar-refractivity contribution in [1.82, 2.24) is 0 Å². The van der Waals surface area contributed by atoms with Crippen LogP contribution in [0.1, 0.15) is 0 Å². The maximum Gasteiger partial charge on any atom is 0.187 e. The number of halogens is 2. The molecule has 0 aliphatic heterocycles. The van der Waals surface area contributed by atoms with Crippen molar-refractivity contribution in [3.8, 4) is 11.1 Å². The zero-order chi connectivity index (χ0) is 12.4. The van der Waals surface area contributed by atoms with Gasteiger partial charge in [-0.3, -0.25) is 0 Å². The summed E-state index contributed by atoms with van der Waals surface area (Å²) in [6, 6.07) is 12.9. The molecule has 2 aromatic rings. The first-order valence-corrected chi connectivity index (χ1v) is 7.43. The fourth-order valence-electron chi connectivity index (χ4n) is 1.54. The molecule has 0 fully saturated rings. The summed E-state index contributed by atoms with van der Waals surface area (Å²) >= 11 is 4.77. The molecule has 88 valence electrons. The molecule has 0 saturated heterocycles. The van der Waals surface area contributed by atoms with Crippen LogP contribution < -0.4 is 0 Å². The van der Waals surface area contributed by atoms with Crippen molar-refractivity contribution in [2.45, 2.75) is 4.90 Å². The zero-order valence-corrected chi connectivity index (χ0v) is 12.5. The van der Waals surface area contributed by atoms with Crippen LogP contribution in [0.5, 0.6) is 0 Å². The number of hydrogen-bond acceptors (Lipinski definition) is 1. The largest absolute Gasteiger partial charge is 0.302 e. The van der Waals surface area contributed by atoms with Gasteiger partial charge in [-0.2, -0.15) is 0 Å². The molecule has 0 amide bonds. The van der Waals surface area contributed by atoms with Gasteiger partial charge in [-0.1, -0.05) is 44.0 Å². The molecule has 1 atom stereocenters. The first-order chi connectivity index (χ1) is 8.08. The van der Waals surface area contributed by atoms with E-state index in [9.17, 15) is 8.76 Å². The fourth-order valence-corrected chi connectivity index (χ4v) is 2.85. The van der Waals surface area contributed by atoms with Gasteiger partial charge in [0.05, 0.1) is 4.90 Å². The molecule has 5 heteroatoms. The van der Waals surface area contributed by atoms with E-state index in [0.29, 0.717) is 4.90 Å². The molecule has 1 unspecified atom stereocenters. The van der Waals surface area contributed by atoms with Crippen LogP contribution in [0.15, 0.2) is 56.3 Å². The highest BCUT2D eigenvalue weighted by Crippen LogP contribution is 2.30. The van der Waals surface area contributed by atoms with E-state index in [1.54, 1.807) is 12.1 Å². The van der Waals surface area contributed by atoms with Crippen molar-refractivity contribution in [3.05, 3.63) is 51.4 Å². The molecule has 17 heavy (non-hydrogen) atoms. The van der Waals surface area contributed by atoms with E-state index in [-0.39, 0.29) is 0 Å². The smallest absolute Gasteiger partial charge is 0.187 e. The maximum absolute atomic E-state index is 11.3. The highest BCUT2D eigenvalue weighted by atomic mass is 79.9. The van der Waals surface area contributed by atoms with Gasteiger partial charge in [0.25, 0.3) is 0 Å². The summed E-state index contributed by atoms with van der Waals surface area (Å²) in [5, 5.41) is 0. The van der Waals surface area contributed by atoms with Gasteiger partial charge in [-0.25, -0.2) is 4.21 Å².